The number of rotatable bonds is 6. The number of hydrogen-bond acceptors (Lipinski definition) is 4. The number of aromatic nitrogens is 2. The lowest BCUT2D eigenvalue weighted by Crippen LogP contribution is -2.13. The van der Waals surface area contributed by atoms with Gasteiger partial charge in [-0.05, 0) is 32.1 Å². The fourth-order valence-electron chi connectivity index (χ4n) is 2.05. The normalized spacial score (nSPS) is 17.1. The van der Waals surface area contributed by atoms with Crippen molar-refractivity contribution in [3.05, 3.63) is 17.6 Å². The fraction of sp³-hybridized carbons (Fsp3) is 0.692. The smallest absolute Gasteiger partial charge is 0.160 e. The van der Waals surface area contributed by atoms with E-state index in [1.54, 1.807) is 0 Å². The average Bonchev–Trinajstić information content (AvgIpc) is 3.09. The summed E-state index contributed by atoms with van der Waals surface area (Å²) in [7, 11) is 0. The van der Waals surface area contributed by atoms with Crippen molar-refractivity contribution in [2.45, 2.75) is 45.6 Å². The molecule has 1 aliphatic carbocycles. The molecule has 0 saturated heterocycles. The molecule has 1 atom stereocenters. The Morgan fingerprint density at radius 3 is 2.76 bits per heavy atom. The average molecular weight is 235 g/mol. The summed E-state index contributed by atoms with van der Waals surface area (Å²) in [6, 6.07) is 1.86. The van der Waals surface area contributed by atoms with Crippen molar-refractivity contribution >= 4 is 5.82 Å². The number of ether oxygens (including phenoxy) is 1. The summed E-state index contributed by atoms with van der Waals surface area (Å²) in [6.07, 6.45) is 4.49. The van der Waals surface area contributed by atoms with E-state index in [1.165, 1.54) is 12.8 Å². The van der Waals surface area contributed by atoms with E-state index in [9.17, 15) is 0 Å². The minimum absolute atomic E-state index is 0.0408. The molecule has 0 amide bonds. The molecule has 1 aromatic heterocycles. The lowest BCUT2D eigenvalue weighted by molar-refractivity contribution is 0.0400. The maximum absolute atomic E-state index is 5.84. The van der Waals surface area contributed by atoms with E-state index in [1.807, 2.05) is 13.0 Å². The van der Waals surface area contributed by atoms with Crippen LogP contribution in [0.5, 0.6) is 0 Å². The first-order chi connectivity index (χ1) is 8.24. The molecule has 0 aliphatic heterocycles. The molecular formula is C13H21N3O. The third kappa shape index (κ3) is 3.16. The van der Waals surface area contributed by atoms with E-state index in [0.717, 1.165) is 24.4 Å². The second kappa shape index (κ2) is 5.45. The van der Waals surface area contributed by atoms with E-state index < -0.39 is 0 Å². The molecule has 94 valence electrons. The van der Waals surface area contributed by atoms with E-state index in [-0.39, 0.29) is 6.10 Å². The van der Waals surface area contributed by atoms with Crippen molar-refractivity contribution in [1.29, 1.82) is 0 Å². The molecule has 2 rings (SSSR count). The Balaban J connectivity index is 2.22. The summed E-state index contributed by atoms with van der Waals surface area (Å²) < 4.78 is 5.76. The van der Waals surface area contributed by atoms with Crippen LogP contribution in [-0.4, -0.2) is 16.6 Å². The lowest BCUT2D eigenvalue weighted by Gasteiger charge is -2.16. The van der Waals surface area contributed by atoms with Crippen molar-refractivity contribution in [3.63, 3.8) is 0 Å². The highest BCUT2D eigenvalue weighted by atomic mass is 16.5. The first kappa shape index (κ1) is 12.3. The molecule has 1 fully saturated rings. The standard InChI is InChI=1S/C13H21N3O/c1-3-5-10-8-11(14)16-13(15-10)12(17-4-2)9-6-7-9/h8-9,12H,3-7H2,1-2H3,(H2,14,15,16). The largest absolute Gasteiger partial charge is 0.384 e. The molecule has 0 bridgehead atoms. The third-order valence-corrected chi connectivity index (χ3v) is 2.97. The van der Waals surface area contributed by atoms with Gasteiger partial charge in [-0.25, -0.2) is 9.97 Å². The Labute approximate surface area is 103 Å². The Kier molecular flexibility index (Phi) is 3.94. The van der Waals surface area contributed by atoms with Crippen molar-refractivity contribution in [1.82, 2.24) is 9.97 Å². The highest BCUT2D eigenvalue weighted by Gasteiger charge is 2.35. The second-order valence-electron chi connectivity index (χ2n) is 4.61. The number of nitrogens with zero attached hydrogens (tertiary/aromatic N) is 2. The SMILES string of the molecule is CCCc1cc(N)nc(C(OCC)C2CC2)n1. The van der Waals surface area contributed by atoms with E-state index in [0.29, 0.717) is 18.3 Å². The predicted molar refractivity (Wildman–Crippen MR) is 67.5 cm³/mol. The first-order valence-corrected chi connectivity index (χ1v) is 6.49. The van der Waals surface area contributed by atoms with Gasteiger partial charge in [0.25, 0.3) is 0 Å². The summed E-state index contributed by atoms with van der Waals surface area (Å²) in [6.45, 7) is 4.84. The van der Waals surface area contributed by atoms with Crippen LogP contribution in [0.25, 0.3) is 0 Å². The monoisotopic (exact) mass is 235 g/mol. The van der Waals surface area contributed by atoms with Crippen LogP contribution in [0.1, 0.15) is 50.7 Å². The van der Waals surface area contributed by atoms with Crippen LogP contribution in [0.4, 0.5) is 5.82 Å². The topological polar surface area (TPSA) is 61.0 Å². The molecule has 1 aromatic rings. The van der Waals surface area contributed by atoms with Crippen LogP contribution in [-0.2, 0) is 11.2 Å². The van der Waals surface area contributed by atoms with Gasteiger partial charge in [-0.3, -0.25) is 0 Å². The molecule has 2 N–H and O–H groups in total. The van der Waals surface area contributed by atoms with Crippen LogP contribution in [0.15, 0.2) is 6.07 Å². The van der Waals surface area contributed by atoms with E-state index >= 15 is 0 Å². The maximum Gasteiger partial charge on any atom is 0.160 e. The van der Waals surface area contributed by atoms with Crippen LogP contribution < -0.4 is 5.73 Å². The Hall–Kier alpha value is -1.16. The quantitative estimate of drug-likeness (QED) is 0.823. The summed E-state index contributed by atoms with van der Waals surface area (Å²) in [5, 5.41) is 0. The van der Waals surface area contributed by atoms with Crippen molar-refractivity contribution < 1.29 is 4.74 Å². The van der Waals surface area contributed by atoms with Crippen LogP contribution in [0.2, 0.25) is 0 Å². The molecule has 0 aromatic carbocycles. The van der Waals surface area contributed by atoms with Crippen LogP contribution >= 0.6 is 0 Å². The number of hydrogen-bond donors (Lipinski definition) is 1. The van der Waals surface area contributed by atoms with Gasteiger partial charge in [-0.2, -0.15) is 0 Å². The summed E-state index contributed by atoms with van der Waals surface area (Å²) in [4.78, 5) is 8.93. The molecule has 1 saturated carbocycles. The predicted octanol–water partition coefficient (Wildman–Crippen LogP) is 2.50. The number of aryl methyl sites for hydroxylation is 1. The zero-order valence-electron chi connectivity index (χ0n) is 10.6. The number of nitrogen functional groups attached to an aromatic ring is 1. The molecule has 4 heteroatoms. The highest BCUT2D eigenvalue weighted by molar-refractivity contribution is 5.30. The fourth-order valence-corrected chi connectivity index (χ4v) is 2.05. The molecule has 4 nitrogen and oxygen atoms in total. The Morgan fingerprint density at radius 1 is 1.41 bits per heavy atom. The van der Waals surface area contributed by atoms with Gasteiger partial charge in [0, 0.05) is 18.4 Å². The van der Waals surface area contributed by atoms with Gasteiger partial charge in [-0.15, -0.1) is 0 Å². The van der Waals surface area contributed by atoms with Gasteiger partial charge in [0.05, 0.1) is 0 Å². The number of nitrogens with two attached hydrogens (primary N) is 1. The third-order valence-electron chi connectivity index (χ3n) is 2.97. The zero-order chi connectivity index (χ0) is 12.3. The summed E-state index contributed by atoms with van der Waals surface area (Å²) in [5.74, 6) is 1.92. The molecule has 0 radical (unpaired) electrons. The number of anilines is 1. The van der Waals surface area contributed by atoms with Crippen LogP contribution in [0, 0.1) is 5.92 Å². The minimum atomic E-state index is 0.0408. The summed E-state index contributed by atoms with van der Waals surface area (Å²) >= 11 is 0. The molecular weight excluding hydrogens is 214 g/mol. The van der Waals surface area contributed by atoms with Crippen LogP contribution in [0.3, 0.4) is 0 Å². The van der Waals surface area contributed by atoms with Gasteiger partial charge < -0.3 is 10.5 Å². The van der Waals surface area contributed by atoms with Gasteiger partial charge in [-0.1, -0.05) is 13.3 Å². The molecule has 1 heterocycles. The molecule has 17 heavy (non-hydrogen) atoms. The van der Waals surface area contributed by atoms with E-state index in [4.69, 9.17) is 10.5 Å². The lowest BCUT2D eigenvalue weighted by atomic mass is 10.2. The minimum Gasteiger partial charge on any atom is -0.384 e. The zero-order valence-corrected chi connectivity index (χ0v) is 10.6. The molecule has 1 unspecified atom stereocenters. The first-order valence-electron chi connectivity index (χ1n) is 6.49. The highest BCUT2D eigenvalue weighted by Crippen LogP contribution is 2.42. The van der Waals surface area contributed by atoms with Gasteiger partial charge in [0.15, 0.2) is 5.82 Å². The van der Waals surface area contributed by atoms with Gasteiger partial charge in [0.1, 0.15) is 11.9 Å². The van der Waals surface area contributed by atoms with Gasteiger partial charge >= 0.3 is 0 Å². The van der Waals surface area contributed by atoms with Gasteiger partial charge in [0.2, 0.25) is 0 Å². The molecule has 0 spiro atoms. The van der Waals surface area contributed by atoms with Crippen molar-refractivity contribution in [3.8, 4) is 0 Å². The Bertz CT molecular complexity index is 377. The van der Waals surface area contributed by atoms with Crippen molar-refractivity contribution in [2.75, 3.05) is 12.3 Å². The summed E-state index contributed by atoms with van der Waals surface area (Å²) in [5.41, 5.74) is 6.87. The van der Waals surface area contributed by atoms with E-state index in [2.05, 4.69) is 16.9 Å². The Morgan fingerprint density at radius 2 is 2.18 bits per heavy atom. The second-order valence-corrected chi connectivity index (χ2v) is 4.61. The maximum atomic E-state index is 5.84. The molecule has 1 aliphatic rings. The van der Waals surface area contributed by atoms with Crippen molar-refractivity contribution in [2.24, 2.45) is 5.92 Å².